The number of carboxylic acid groups (broad SMARTS) is 1. The quantitative estimate of drug-likeness (QED) is 0.277. The minimum absolute atomic E-state index is 0.0296. The van der Waals surface area contributed by atoms with Crippen molar-refractivity contribution in [3.63, 3.8) is 0 Å². The monoisotopic (exact) mass is 638 g/mol. The van der Waals surface area contributed by atoms with Crippen LogP contribution in [0.1, 0.15) is 96.6 Å². The van der Waals surface area contributed by atoms with Crippen LogP contribution in [0.5, 0.6) is 0 Å². The topological polar surface area (TPSA) is 130 Å². The van der Waals surface area contributed by atoms with E-state index in [1.165, 1.54) is 6.42 Å². The fourth-order valence-electron chi connectivity index (χ4n) is 8.95. The molecule has 0 spiro atoms. The zero-order chi connectivity index (χ0) is 32.6. The third-order valence-electron chi connectivity index (χ3n) is 11.6. The van der Waals surface area contributed by atoms with Crippen LogP contribution in [0.3, 0.4) is 0 Å². The highest BCUT2D eigenvalue weighted by molar-refractivity contribution is 6.01. The van der Waals surface area contributed by atoms with Gasteiger partial charge in [0.15, 0.2) is 5.60 Å². The minimum Gasteiger partial charge on any atom is -0.465 e. The van der Waals surface area contributed by atoms with Gasteiger partial charge in [0.1, 0.15) is 12.7 Å². The molecule has 6 rings (SSSR count). The lowest BCUT2D eigenvalue weighted by molar-refractivity contribution is -0.142. The number of carbonyl (C=O) groups excluding carboxylic acids is 3. The highest BCUT2D eigenvalue weighted by Gasteiger charge is 2.48. The van der Waals surface area contributed by atoms with Gasteiger partial charge in [0.25, 0.3) is 0 Å². The van der Waals surface area contributed by atoms with Crippen LogP contribution in [0.25, 0.3) is 10.9 Å². The molecular formula is C35H47FN4O6. The molecule has 0 bridgehead atoms. The molecule has 1 aromatic carbocycles. The lowest BCUT2D eigenvalue weighted by atomic mass is 9.76. The van der Waals surface area contributed by atoms with Crippen LogP contribution >= 0.6 is 0 Å². The zero-order valence-corrected chi connectivity index (χ0v) is 26.9. The predicted octanol–water partition coefficient (Wildman–Crippen LogP) is 6.80. The first-order valence-electron chi connectivity index (χ1n) is 17.3. The van der Waals surface area contributed by atoms with E-state index in [9.17, 15) is 23.6 Å². The Morgan fingerprint density at radius 2 is 1.74 bits per heavy atom. The number of cyclic esters (lactones) is 1. The van der Waals surface area contributed by atoms with Gasteiger partial charge in [-0.1, -0.05) is 52.0 Å². The van der Waals surface area contributed by atoms with E-state index in [4.69, 9.17) is 9.84 Å². The molecule has 3 amide bonds. The summed E-state index contributed by atoms with van der Waals surface area (Å²) < 4.78 is 21.0. The molecule has 2 aliphatic carbocycles. The third-order valence-corrected chi connectivity index (χ3v) is 11.6. The summed E-state index contributed by atoms with van der Waals surface area (Å²) in [4.78, 5) is 54.2. The number of anilines is 1. The number of fused-ring (bicyclic) bond motifs is 3. The molecule has 46 heavy (non-hydrogen) atoms. The first-order chi connectivity index (χ1) is 22.2. The van der Waals surface area contributed by atoms with Gasteiger partial charge in [-0.25, -0.2) is 18.5 Å². The van der Waals surface area contributed by atoms with Gasteiger partial charge in [-0.2, -0.15) is 0 Å². The smallest absolute Gasteiger partial charge is 0.419 e. The molecule has 11 heteroatoms. The zero-order valence-electron chi connectivity index (χ0n) is 26.9. The van der Waals surface area contributed by atoms with Crippen molar-refractivity contribution in [2.24, 2.45) is 23.7 Å². The number of nitrogens with zero attached hydrogens (tertiary/aromatic N) is 2. The van der Waals surface area contributed by atoms with Crippen molar-refractivity contribution in [1.29, 1.82) is 0 Å². The van der Waals surface area contributed by atoms with Crippen LogP contribution in [0.2, 0.25) is 0 Å². The van der Waals surface area contributed by atoms with E-state index in [0.29, 0.717) is 62.2 Å². The number of alkyl halides is 1. The van der Waals surface area contributed by atoms with E-state index in [0.717, 1.165) is 43.2 Å². The minimum atomic E-state index is -1.24. The number of nitrogens with one attached hydrogen (secondary N) is 2. The Bertz CT molecular complexity index is 1470. The van der Waals surface area contributed by atoms with Crippen molar-refractivity contribution in [3.8, 4) is 0 Å². The molecule has 4 aliphatic rings. The number of hydrogen-bond donors (Lipinski definition) is 3. The molecule has 3 heterocycles. The van der Waals surface area contributed by atoms with E-state index in [1.807, 2.05) is 38.1 Å². The summed E-state index contributed by atoms with van der Waals surface area (Å²) >= 11 is 0. The summed E-state index contributed by atoms with van der Waals surface area (Å²) in [6.07, 6.45) is 8.26. The Morgan fingerprint density at radius 3 is 2.39 bits per heavy atom. The fourth-order valence-corrected chi connectivity index (χ4v) is 8.95. The van der Waals surface area contributed by atoms with Gasteiger partial charge in [0.2, 0.25) is 11.8 Å². The van der Waals surface area contributed by atoms with Crippen LogP contribution in [-0.4, -0.2) is 63.9 Å². The van der Waals surface area contributed by atoms with Gasteiger partial charge >= 0.3 is 12.2 Å². The summed E-state index contributed by atoms with van der Waals surface area (Å²) in [6.45, 7) is 3.77. The van der Waals surface area contributed by atoms with Crippen LogP contribution < -0.4 is 10.6 Å². The van der Waals surface area contributed by atoms with Gasteiger partial charge in [-0.05, 0) is 80.9 Å². The lowest BCUT2D eigenvalue weighted by Gasteiger charge is -2.37. The molecular weight excluding hydrogens is 591 g/mol. The molecule has 0 radical (unpaired) electrons. The molecule has 3 fully saturated rings. The molecule has 10 nitrogen and oxygen atoms in total. The molecule has 250 valence electrons. The Hall–Kier alpha value is -3.63. The standard InChI is InChI=1S/C35H47FN4O6/c1-3-35(4-2)29-18-24-14-15-25(19-28(24)40(29)34(45)46-35)37-31(41)30-26(21-8-6-5-7-9-21)16-17-39(30)32(42)23-12-10-22(11-13-23)27(20-36)38-33(43)44/h14-15,18-19,21-23,26-27,30,38H,3-13,16-17,20H2,1-2H3,(H,37,41)(H,43,44)/t22?,23?,26-,27+,30-/m0/s1. The second-order valence-corrected chi connectivity index (χ2v) is 13.8. The average molecular weight is 639 g/mol. The van der Waals surface area contributed by atoms with Crippen molar-refractivity contribution >= 4 is 40.6 Å². The number of halogens is 1. The van der Waals surface area contributed by atoms with Crippen molar-refractivity contribution in [3.05, 3.63) is 30.0 Å². The van der Waals surface area contributed by atoms with Crippen molar-refractivity contribution in [2.45, 2.75) is 109 Å². The Morgan fingerprint density at radius 1 is 1.02 bits per heavy atom. The highest BCUT2D eigenvalue weighted by Crippen LogP contribution is 2.44. The SMILES string of the molecule is CCC1(CC)OC(=O)n2c1cc1ccc(NC(=O)[C@@H]3[C@H](C4CCCCC4)CCN3C(=O)C3CCC([C@@H](CF)NC(=O)O)CC3)cc12. The van der Waals surface area contributed by atoms with Crippen LogP contribution in [0.15, 0.2) is 24.3 Å². The Balaban J connectivity index is 1.22. The van der Waals surface area contributed by atoms with Crippen molar-refractivity contribution in [1.82, 2.24) is 14.8 Å². The van der Waals surface area contributed by atoms with E-state index in [-0.39, 0.29) is 29.6 Å². The maximum absolute atomic E-state index is 14.2. The summed E-state index contributed by atoms with van der Waals surface area (Å²) in [7, 11) is 0. The first-order valence-corrected chi connectivity index (χ1v) is 17.3. The van der Waals surface area contributed by atoms with Crippen LogP contribution in [0, 0.1) is 23.7 Å². The van der Waals surface area contributed by atoms with Gasteiger partial charge < -0.3 is 25.4 Å². The van der Waals surface area contributed by atoms with Gasteiger partial charge in [-0.3, -0.25) is 9.59 Å². The van der Waals surface area contributed by atoms with Crippen molar-refractivity contribution in [2.75, 3.05) is 18.5 Å². The third kappa shape index (κ3) is 5.86. The maximum atomic E-state index is 14.2. The van der Waals surface area contributed by atoms with E-state index in [1.54, 1.807) is 9.47 Å². The number of hydrogen-bond acceptors (Lipinski definition) is 5. The number of rotatable bonds is 9. The molecule has 2 aromatic rings. The second kappa shape index (κ2) is 13.2. The van der Waals surface area contributed by atoms with Gasteiger partial charge in [0.05, 0.1) is 17.3 Å². The molecule has 2 saturated carbocycles. The summed E-state index contributed by atoms with van der Waals surface area (Å²) in [6, 6.07) is 6.23. The predicted molar refractivity (Wildman–Crippen MR) is 171 cm³/mol. The number of amides is 3. The molecule has 1 aromatic heterocycles. The number of aromatic nitrogens is 1. The highest BCUT2D eigenvalue weighted by atomic mass is 19.1. The van der Waals surface area contributed by atoms with Crippen LogP contribution in [0.4, 0.5) is 19.7 Å². The summed E-state index contributed by atoms with van der Waals surface area (Å²) in [5.74, 6) is -0.206. The summed E-state index contributed by atoms with van der Waals surface area (Å²) in [5, 5.41) is 15.4. The summed E-state index contributed by atoms with van der Waals surface area (Å²) in [5.41, 5.74) is 1.43. The van der Waals surface area contributed by atoms with E-state index < -0.39 is 36.5 Å². The second-order valence-electron chi connectivity index (χ2n) is 13.8. The average Bonchev–Trinajstić information content (AvgIpc) is 3.76. The fraction of sp³-hybridized carbons (Fsp3) is 0.657. The maximum Gasteiger partial charge on any atom is 0.419 e. The first kappa shape index (κ1) is 32.3. The number of ether oxygens (including phenoxy) is 1. The normalized spacial score (nSPS) is 26.8. The molecule has 3 atom stereocenters. The number of benzene rings is 1. The Labute approximate surface area is 269 Å². The van der Waals surface area contributed by atoms with Gasteiger partial charge in [0, 0.05) is 23.5 Å². The van der Waals surface area contributed by atoms with Crippen molar-refractivity contribution < 1.29 is 33.4 Å². The molecule has 1 saturated heterocycles. The van der Waals surface area contributed by atoms with E-state index in [2.05, 4.69) is 10.6 Å². The number of carbonyl (C=O) groups is 4. The molecule has 3 N–H and O–H groups in total. The number of likely N-dealkylation sites (tertiary alicyclic amines) is 1. The lowest BCUT2D eigenvalue weighted by Crippen LogP contribution is -2.50. The molecule has 2 aliphatic heterocycles. The largest absolute Gasteiger partial charge is 0.465 e. The Kier molecular flexibility index (Phi) is 9.30. The van der Waals surface area contributed by atoms with E-state index >= 15 is 0 Å². The molecule has 0 unspecified atom stereocenters. The van der Waals surface area contributed by atoms with Gasteiger partial charge in [-0.15, -0.1) is 0 Å². The van der Waals surface area contributed by atoms with Crippen LogP contribution in [-0.2, 0) is 19.9 Å².